The maximum atomic E-state index is 12.4. The fourth-order valence-electron chi connectivity index (χ4n) is 2.74. The van der Waals surface area contributed by atoms with Gasteiger partial charge in [-0.05, 0) is 30.7 Å². The zero-order chi connectivity index (χ0) is 18.0. The summed E-state index contributed by atoms with van der Waals surface area (Å²) in [6, 6.07) is 11.9. The van der Waals surface area contributed by atoms with Crippen LogP contribution in [-0.4, -0.2) is 25.0 Å². The second kappa shape index (κ2) is 6.76. The van der Waals surface area contributed by atoms with Crippen molar-refractivity contribution in [3.63, 3.8) is 0 Å². The molecular weight excluding hydrogens is 322 g/mol. The molecule has 0 aliphatic carbocycles. The van der Waals surface area contributed by atoms with E-state index in [0.717, 1.165) is 5.56 Å². The lowest BCUT2D eigenvalue weighted by Gasteiger charge is -2.13. The molecule has 1 aliphatic heterocycles. The summed E-state index contributed by atoms with van der Waals surface area (Å²) >= 11 is 0. The Bertz CT molecular complexity index is 859. The normalized spacial score (nSPS) is 15.3. The smallest absolute Gasteiger partial charge is 0.339 e. The molecule has 2 aromatic rings. The van der Waals surface area contributed by atoms with Gasteiger partial charge in [0.2, 0.25) is 5.91 Å². The number of ether oxygens (including phenoxy) is 2. The Hall–Kier alpha value is -3.15. The summed E-state index contributed by atoms with van der Waals surface area (Å²) in [5, 5.41) is 2.76. The topological polar surface area (TPSA) is 81.7 Å². The molecule has 0 spiro atoms. The van der Waals surface area contributed by atoms with E-state index in [9.17, 15) is 14.4 Å². The van der Waals surface area contributed by atoms with Gasteiger partial charge in [-0.15, -0.1) is 0 Å². The molecular formula is C19H17NO5. The highest BCUT2D eigenvalue weighted by Gasteiger charge is 2.32. The molecule has 0 fully saturated rings. The van der Waals surface area contributed by atoms with Crippen molar-refractivity contribution >= 4 is 23.5 Å². The van der Waals surface area contributed by atoms with Crippen LogP contribution in [0, 0.1) is 6.92 Å². The van der Waals surface area contributed by atoms with E-state index < -0.39 is 18.0 Å². The van der Waals surface area contributed by atoms with Crippen molar-refractivity contribution in [1.82, 2.24) is 0 Å². The van der Waals surface area contributed by atoms with E-state index in [4.69, 9.17) is 4.74 Å². The highest BCUT2D eigenvalue weighted by Crippen LogP contribution is 2.33. The summed E-state index contributed by atoms with van der Waals surface area (Å²) in [6.45, 7) is 1.82. The van der Waals surface area contributed by atoms with Crippen LogP contribution in [0.1, 0.15) is 44.4 Å². The van der Waals surface area contributed by atoms with Gasteiger partial charge in [0.1, 0.15) is 6.10 Å². The Balaban J connectivity index is 1.74. The number of carbonyl (C=O) groups is 3. The van der Waals surface area contributed by atoms with Crippen LogP contribution in [0.15, 0.2) is 42.5 Å². The Morgan fingerprint density at radius 2 is 1.96 bits per heavy atom. The number of anilines is 1. The standard InChI is InChI=1S/C19H17NO5/c1-11-7-8-12(18(22)24-2)9-15(11)20-17(21)10-16-13-5-3-4-6-14(13)19(23)25-16/h3-9,16H,10H2,1-2H3,(H,20,21). The third-order valence-electron chi connectivity index (χ3n) is 4.08. The Morgan fingerprint density at radius 1 is 1.20 bits per heavy atom. The minimum atomic E-state index is -0.604. The number of benzene rings is 2. The molecule has 0 saturated carbocycles. The molecule has 0 aromatic heterocycles. The first-order valence-electron chi connectivity index (χ1n) is 7.78. The minimum absolute atomic E-state index is 0.00461. The fourth-order valence-corrected chi connectivity index (χ4v) is 2.74. The average molecular weight is 339 g/mol. The molecule has 1 N–H and O–H groups in total. The molecule has 128 valence electrons. The van der Waals surface area contributed by atoms with Crippen LogP contribution < -0.4 is 5.32 Å². The first-order chi connectivity index (χ1) is 12.0. The van der Waals surface area contributed by atoms with Crippen LogP contribution in [-0.2, 0) is 14.3 Å². The summed E-state index contributed by atoms with van der Waals surface area (Å²) in [5.74, 6) is -1.20. The first kappa shape index (κ1) is 16.7. The van der Waals surface area contributed by atoms with Gasteiger partial charge >= 0.3 is 11.9 Å². The van der Waals surface area contributed by atoms with Crippen molar-refractivity contribution in [1.29, 1.82) is 0 Å². The molecule has 0 bridgehead atoms. The number of amides is 1. The quantitative estimate of drug-likeness (QED) is 0.866. The predicted molar refractivity (Wildman–Crippen MR) is 90.4 cm³/mol. The molecule has 6 nitrogen and oxygen atoms in total. The van der Waals surface area contributed by atoms with E-state index in [1.54, 1.807) is 42.5 Å². The molecule has 0 radical (unpaired) electrons. The summed E-state index contributed by atoms with van der Waals surface area (Å²) < 4.78 is 9.96. The SMILES string of the molecule is COC(=O)c1ccc(C)c(NC(=O)CC2OC(=O)c3ccccc32)c1. The Labute approximate surface area is 144 Å². The number of hydrogen-bond acceptors (Lipinski definition) is 5. The molecule has 3 rings (SSSR count). The number of nitrogens with one attached hydrogen (secondary N) is 1. The summed E-state index contributed by atoms with van der Waals surface area (Å²) in [7, 11) is 1.30. The second-order valence-corrected chi connectivity index (χ2v) is 5.75. The summed E-state index contributed by atoms with van der Waals surface area (Å²) in [4.78, 5) is 35.8. The number of aryl methyl sites for hydroxylation is 1. The molecule has 1 heterocycles. The zero-order valence-corrected chi connectivity index (χ0v) is 13.9. The highest BCUT2D eigenvalue weighted by molar-refractivity contribution is 5.97. The molecule has 1 aliphatic rings. The van der Waals surface area contributed by atoms with Crippen molar-refractivity contribution in [2.75, 3.05) is 12.4 Å². The van der Waals surface area contributed by atoms with Gasteiger partial charge in [0.05, 0.1) is 24.7 Å². The zero-order valence-electron chi connectivity index (χ0n) is 13.9. The molecule has 1 amide bonds. The number of carbonyl (C=O) groups excluding carboxylic acids is 3. The van der Waals surface area contributed by atoms with Gasteiger partial charge in [0.25, 0.3) is 0 Å². The van der Waals surface area contributed by atoms with E-state index in [2.05, 4.69) is 10.1 Å². The maximum absolute atomic E-state index is 12.4. The van der Waals surface area contributed by atoms with Crippen LogP contribution >= 0.6 is 0 Å². The predicted octanol–water partition coefficient (Wildman–Crippen LogP) is 3.02. The monoisotopic (exact) mass is 339 g/mol. The first-order valence-corrected chi connectivity index (χ1v) is 7.78. The van der Waals surface area contributed by atoms with Gasteiger partial charge in [-0.1, -0.05) is 24.3 Å². The molecule has 1 atom stereocenters. The highest BCUT2D eigenvalue weighted by atomic mass is 16.5. The van der Waals surface area contributed by atoms with Crippen molar-refractivity contribution in [3.8, 4) is 0 Å². The van der Waals surface area contributed by atoms with Crippen LogP contribution in [0.2, 0.25) is 0 Å². The van der Waals surface area contributed by atoms with E-state index in [1.807, 2.05) is 6.92 Å². The number of methoxy groups -OCH3 is 1. The van der Waals surface area contributed by atoms with E-state index in [0.29, 0.717) is 22.4 Å². The lowest BCUT2D eigenvalue weighted by molar-refractivity contribution is -0.118. The van der Waals surface area contributed by atoms with Gasteiger partial charge < -0.3 is 14.8 Å². The fraction of sp³-hybridized carbons (Fsp3) is 0.211. The van der Waals surface area contributed by atoms with E-state index >= 15 is 0 Å². The number of cyclic esters (lactones) is 1. The van der Waals surface area contributed by atoms with E-state index in [-0.39, 0.29) is 12.3 Å². The Morgan fingerprint density at radius 3 is 2.72 bits per heavy atom. The average Bonchev–Trinajstić information content (AvgIpc) is 2.92. The van der Waals surface area contributed by atoms with E-state index in [1.165, 1.54) is 7.11 Å². The van der Waals surface area contributed by atoms with Crippen LogP contribution in [0.4, 0.5) is 5.69 Å². The largest absolute Gasteiger partial charge is 0.465 e. The number of hydrogen-bond donors (Lipinski definition) is 1. The third-order valence-corrected chi connectivity index (χ3v) is 4.08. The van der Waals surface area contributed by atoms with Gasteiger partial charge in [0.15, 0.2) is 0 Å². The van der Waals surface area contributed by atoms with Crippen LogP contribution in [0.3, 0.4) is 0 Å². The number of rotatable bonds is 4. The van der Waals surface area contributed by atoms with Crippen molar-refractivity contribution in [2.24, 2.45) is 0 Å². The lowest BCUT2D eigenvalue weighted by atomic mass is 10.0. The van der Waals surface area contributed by atoms with Gasteiger partial charge in [-0.25, -0.2) is 9.59 Å². The molecule has 2 aromatic carbocycles. The van der Waals surface area contributed by atoms with Crippen molar-refractivity contribution in [2.45, 2.75) is 19.4 Å². The Kier molecular flexibility index (Phi) is 4.52. The maximum Gasteiger partial charge on any atom is 0.339 e. The minimum Gasteiger partial charge on any atom is -0.465 e. The van der Waals surface area contributed by atoms with Gasteiger partial charge in [0, 0.05) is 11.3 Å². The molecule has 1 unspecified atom stereocenters. The molecule has 25 heavy (non-hydrogen) atoms. The number of esters is 2. The summed E-state index contributed by atoms with van der Waals surface area (Å²) in [5.41, 5.74) is 2.88. The third kappa shape index (κ3) is 3.38. The van der Waals surface area contributed by atoms with Crippen LogP contribution in [0.25, 0.3) is 0 Å². The van der Waals surface area contributed by atoms with Gasteiger partial charge in [-0.3, -0.25) is 4.79 Å². The van der Waals surface area contributed by atoms with Gasteiger partial charge in [-0.2, -0.15) is 0 Å². The molecule has 6 heteroatoms. The second-order valence-electron chi connectivity index (χ2n) is 5.75. The van der Waals surface area contributed by atoms with Crippen molar-refractivity contribution in [3.05, 3.63) is 64.7 Å². The summed E-state index contributed by atoms with van der Waals surface area (Å²) in [6.07, 6.45) is -0.599. The van der Waals surface area contributed by atoms with Crippen LogP contribution in [0.5, 0.6) is 0 Å². The number of fused-ring (bicyclic) bond motifs is 1. The lowest BCUT2D eigenvalue weighted by Crippen LogP contribution is -2.17. The van der Waals surface area contributed by atoms with Crippen molar-refractivity contribution < 1.29 is 23.9 Å². The molecule has 0 saturated heterocycles.